The molecule has 1 N–H and O–H groups in total. The molecule has 0 aromatic carbocycles. The highest BCUT2D eigenvalue weighted by molar-refractivity contribution is 4.83. The Balaban J connectivity index is 2.32. The van der Waals surface area contributed by atoms with E-state index in [-0.39, 0.29) is 0 Å². The summed E-state index contributed by atoms with van der Waals surface area (Å²) < 4.78 is 0. The zero-order valence-corrected chi connectivity index (χ0v) is 6.22. The summed E-state index contributed by atoms with van der Waals surface area (Å²) in [5.41, 5.74) is 0. The van der Waals surface area contributed by atoms with Gasteiger partial charge in [0.15, 0.2) is 0 Å². The van der Waals surface area contributed by atoms with Crippen molar-refractivity contribution in [2.75, 3.05) is 20.1 Å². The van der Waals surface area contributed by atoms with Gasteiger partial charge in [0.1, 0.15) is 0 Å². The van der Waals surface area contributed by atoms with E-state index in [1.165, 1.54) is 6.42 Å². The first-order valence-electron chi connectivity index (χ1n) is 3.69. The van der Waals surface area contributed by atoms with E-state index in [4.69, 9.17) is 0 Å². The second-order valence-electron chi connectivity index (χ2n) is 2.65. The average molecular weight is 127 g/mol. The van der Waals surface area contributed by atoms with Crippen molar-refractivity contribution in [1.82, 2.24) is 10.6 Å². The van der Waals surface area contributed by atoms with Gasteiger partial charge in [-0.2, -0.15) is 0 Å². The Hall–Kier alpha value is -0.0800. The molecule has 0 spiro atoms. The first-order valence-corrected chi connectivity index (χ1v) is 3.69. The van der Waals surface area contributed by atoms with Gasteiger partial charge in [0.2, 0.25) is 0 Å². The van der Waals surface area contributed by atoms with Crippen LogP contribution in [0.1, 0.15) is 13.3 Å². The van der Waals surface area contributed by atoms with E-state index in [0.717, 1.165) is 19.0 Å². The van der Waals surface area contributed by atoms with Crippen LogP contribution in [0.3, 0.4) is 0 Å². The van der Waals surface area contributed by atoms with E-state index >= 15 is 0 Å². The maximum atomic E-state index is 4.33. The Morgan fingerprint density at radius 3 is 2.78 bits per heavy atom. The largest absolute Gasteiger partial charge is 0.315 e. The quantitative estimate of drug-likeness (QED) is 0.564. The van der Waals surface area contributed by atoms with Crippen molar-refractivity contribution in [3.8, 4) is 0 Å². The molecule has 1 rings (SSSR count). The number of hydrogen-bond acceptors (Lipinski definition) is 1. The van der Waals surface area contributed by atoms with E-state index in [0.29, 0.717) is 6.04 Å². The number of rotatable bonds is 2. The van der Waals surface area contributed by atoms with Gasteiger partial charge in [0.05, 0.1) is 0 Å². The third-order valence-electron chi connectivity index (χ3n) is 2.15. The first kappa shape index (κ1) is 7.03. The van der Waals surface area contributed by atoms with Crippen molar-refractivity contribution in [2.24, 2.45) is 5.92 Å². The van der Waals surface area contributed by atoms with Gasteiger partial charge in [0.25, 0.3) is 0 Å². The van der Waals surface area contributed by atoms with Crippen LogP contribution >= 0.6 is 0 Å². The second kappa shape index (κ2) is 3.18. The number of likely N-dealkylation sites (N-methyl/N-ethyl adjacent to an activating group) is 1. The van der Waals surface area contributed by atoms with Crippen LogP contribution in [0, 0.1) is 5.92 Å². The van der Waals surface area contributed by atoms with Gasteiger partial charge in [0, 0.05) is 19.1 Å². The molecule has 9 heavy (non-hydrogen) atoms. The van der Waals surface area contributed by atoms with Crippen LogP contribution in [0.25, 0.3) is 0 Å². The minimum Gasteiger partial charge on any atom is -0.315 e. The molecule has 1 saturated heterocycles. The lowest BCUT2D eigenvalue weighted by atomic mass is 10.0. The lowest BCUT2D eigenvalue weighted by Gasteiger charge is -2.14. The molecular formula is C7H15N2. The maximum Gasteiger partial charge on any atom is 0.0290 e. The van der Waals surface area contributed by atoms with Gasteiger partial charge < -0.3 is 5.32 Å². The van der Waals surface area contributed by atoms with Gasteiger partial charge in [-0.1, -0.05) is 13.3 Å². The number of hydrogen-bond donors (Lipinski definition) is 1. The van der Waals surface area contributed by atoms with Crippen LogP contribution in [0.5, 0.6) is 0 Å². The summed E-state index contributed by atoms with van der Waals surface area (Å²) in [6.07, 6.45) is 1.26. The zero-order valence-electron chi connectivity index (χ0n) is 6.22. The lowest BCUT2D eigenvalue weighted by Crippen LogP contribution is -2.32. The predicted octanol–water partition coefficient (Wildman–Crippen LogP) is 0.219. The lowest BCUT2D eigenvalue weighted by molar-refractivity contribution is 0.443. The fourth-order valence-electron chi connectivity index (χ4n) is 1.40. The van der Waals surface area contributed by atoms with Gasteiger partial charge in [-0.3, -0.25) is 0 Å². The van der Waals surface area contributed by atoms with Crippen molar-refractivity contribution in [2.45, 2.75) is 19.4 Å². The van der Waals surface area contributed by atoms with Crippen LogP contribution < -0.4 is 10.6 Å². The molecule has 1 aliphatic heterocycles. The predicted molar refractivity (Wildman–Crippen MR) is 38.5 cm³/mol. The summed E-state index contributed by atoms with van der Waals surface area (Å²) in [5.74, 6) is 0.801. The molecule has 0 bridgehead atoms. The van der Waals surface area contributed by atoms with Gasteiger partial charge in [-0.15, -0.1) is 0 Å². The molecule has 2 unspecified atom stereocenters. The summed E-state index contributed by atoms with van der Waals surface area (Å²) in [4.78, 5) is 0. The summed E-state index contributed by atoms with van der Waals surface area (Å²) in [6.45, 7) is 4.33. The monoisotopic (exact) mass is 127 g/mol. The topological polar surface area (TPSA) is 26.1 Å². The Morgan fingerprint density at radius 2 is 2.33 bits per heavy atom. The number of nitrogens with one attached hydrogen (secondary N) is 1. The molecule has 1 aliphatic rings. The van der Waals surface area contributed by atoms with Crippen LogP contribution in [-0.2, 0) is 0 Å². The van der Waals surface area contributed by atoms with Gasteiger partial charge >= 0.3 is 0 Å². The SMILES string of the molecule is CCC1C[N]CC1NC. The second-order valence-corrected chi connectivity index (χ2v) is 2.65. The summed E-state index contributed by atoms with van der Waals surface area (Å²) in [7, 11) is 2.02. The van der Waals surface area contributed by atoms with Crippen LogP contribution in [0.4, 0.5) is 0 Å². The van der Waals surface area contributed by atoms with E-state index in [9.17, 15) is 0 Å². The molecule has 0 aromatic heterocycles. The average Bonchev–Trinajstić information content (AvgIpc) is 2.33. The zero-order chi connectivity index (χ0) is 6.69. The van der Waals surface area contributed by atoms with Gasteiger partial charge in [-0.25, -0.2) is 5.32 Å². The van der Waals surface area contributed by atoms with Crippen LogP contribution in [0.15, 0.2) is 0 Å². The van der Waals surface area contributed by atoms with Crippen molar-refractivity contribution < 1.29 is 0 Å². The molecule has 0 saturated carbocycles. The normalized spacial score (nSPS) is 35.3. The molecule has 0 aromatic rings. The standard InChI is InChI=1S/C7H15N2/c1-3-6-4-9-5-7(6)8-2/h6-8H,3-5H2,1-2H3. The highest BCUT2D eigenvalue weighted by Crippen LogP contribution is 2.12. The fourth-order valence-corrected chi connectivity index (χ4v) is 1.40. The first-order chi connectivity index (χ1) is 4.38. The summed E-state index contributed by atoms with van der Waals surface area (Å²) in [5, 5.41) is 7.60. The Labute approximate surface area is 57.0 Å². The van der Waals surface area contributed by atoms with Crippen LogP contribution in [-0.4, -0.2) is 26.2 Å². The van der Waals surface area contributed by atoms with Crippen molar-refractivity contribution in [3.63, 3.8) is 0 Å². The molecule has 1 radical (unpaired) electrons. The smallest absolute Gasteiger partial charge is 0.0290 e. The summed E-state index contributed by atoms with van der Waals surface area (Å²) in [6, 6.07) is 0.662. The fraction of sp³-hybridized carbons (Fsp3) is 1.00. The Morgan fingerprint density at radius 1 is 1.56 bits per heavy atom. The highest BCUT2D eigenvalue weighted by Gasteiger charge is 2.24. The molecule has 2 nitrogen and oxygen atoms in total. The Kier molecular flexibility index (Phi) is 2.49. The number of nitrogens with zero attached hydrogens (tertiary/aromatic N) is 1. The van der Waals surface area contributed by atoms with E-state index in [1.54, 1.807) is 0 Å². The van der Waals surface area contributed by atoms with Gasteiger partial charge in [-0.05, 0) is 13.0 Å². The van der Waals surface area contributed by atoms with E-state index in [1.807, 2.05) is 7.05 Å². The molecule has 1 fully saturated rings. The van der Waals surface area contributed by atoms with Crippen LogP contribution in [0.2, 0.25) is 0 Å². The highest BCUT2D eigenvalue weighted by atomic mass is 15.0. The minimum atomic E-state index is 0.662. The molecule has 0 aliphatic carbocycles. The van der Waals surface area contributed by atoms with Crippen molar-refractivity contribution >= 4 is 0 Å². The molecule has 1 heterocycles. The minimum absolute atomic E-state index is 0.662. The molecule has 53 valence electrons. The Bertz CT molecular complexity index is 73.0. The van der Waals surface area contributed by atoms with E-state index in [2.05, 4.69) is 17.6 Å². The molecule has 0 amide bonds. The van der Waals surface area contributed by atoms with E-state index < -0.39 is 0 Å². The maximum absolute atomic E-state index is 4.33. The molecule has 2 atom stereocenters. The van der Waals surface area contributed by atoms with Crippen molar-refractivity contribution in [3.05, 3.63) is 0 Å². The molecular weight excluding hydrogens is 112 g/mol. The third-order valence-corrected chi connectivity index (χ3v) is 2.15. The summed E-state index contributed by atoms with van der Waals surface area (Å²) >= 11 is 0. The van der Waals surface area contributed by atoms with Crippen molar-refractivity contribution in [1.29, 1.82) is 0 Å². The molecule has 2 heteroatoms. The third kappa shape index (κ3) is 1.43.